The van der Waals surface area contributed by atoms with Crippen molar-refractivity contribution in [3.63, 3.8) is 0 Å². The second-order valence-electron chi connectivity index (χ2n) is 5.35. The van der Waals surface area contributed by atoms with Gasteiger partial charge in [-0.15, -0.1) is 0 Å². The van der Waals surface area contributed by atoms with Crippen LogP contribution < -0.4 is 10.1 Å². The monoisotopic (exact) mass is 231 g/mol. The summed E-state index contributed by atoms with van der Waals surface area (Å²) in [6.45, 7) is 3.27. The van der Waals surface area contributed by atoms with E-state index in [0.29, 0.717) is 6.10 Å². The van der Waals surface area contributed by atoms with Crippen LogP contribution in [-0.4, -0.2) is 18.7 Å². The van der Waals surface area contributed by atoms with Crippen molar-refractivity contribution >= 4 is 0 Å². The molecule has 0 aromatic heterocycles. The van der Waals surface area contributed by atoms with Crippen molar-refractivity contribution in [3.8, 4) is 5.75 Å². The molecule has 3 atom stereocenters. The van der Waals surface area contributed by atoms with E-state index in [0.717, 1.165) is 30.7 Å². The number of hydrogen-bond donors (Lipinski definition) is 1. The summed E-state index contributed by atoms with van der Waals surface area (Å²) < 4.78 is 5.92. The van der Waals surface area contributed by atoms with Crippen LogP contribution in [0.25, 0.3) is 0 Å². The van der Waals surface area contributed by atoms with Gasteiger partial charge in [-0.05, 0) is 30.4 Å². The lowest BCUT2D eigenvalue weighted by Crippen LogP contribution is -2.32. The van der Waals surface area contributed by atoms with E-state index in [1.165, 1.54) is 24.8 Å². The topological polar surface area (TPSA) is 21.3 Å². The lowest BCUT2D eigenvalue weighted by Gasteiger charge is -2.11. The Morgan fingerprint density at radius 3 is 3.06 bits per heavy atom. The molecule has 1 aromatic carbocycles. The second-order valence-corrected chi connectivity index (χ2v) is 5.35. The molecule has 1 aromatic rings. The van der Waals surface area contributed by atoms with Gasteiger partial charge >= 0.3 is 0 Å². The summed E-state index contributed by atoms with van der Waals surface area (Å²) >= 11 is 0. The van der Waals surface area contributed by atoms with Gasteiger partial charge in [-0.3, -0.25) is 0 Å². The van der Waals surface area contributed by atoms with Gasteiger partial charge in [0.25, 0.3) is 0 Å². The van der Waals surface area contributed by atoms with Gasteiger partial charge in [-0.2, -0.15) is 0 Å². The fourth-order valence-corrected chi connectivity index (χ4v) is 2.84. The van der Waals surface area contributed by atoms with Crippen LogP contribution in [0.2, 0.25) is 0 Å². The smallest absolute Gasteiger partial charge is 0.123 e. The van der Waals surface area contributed by atoms with Gasteiger partial charge < -0.3 is 10.1 Å². The highest BCUT2D eigenvalue weighted by Crippen LogP contribution is 2.35. The molecule has 2 heteroatoms. The van der Waals surface area contributed by atoms with Crippen LogP contribution in [0.15, 0.2) is 24.3 Å². The lowest BCUT2D eigenvalue weighted by molar-refractivity contribution is 0.226. The van der Waals surface area contributed by atoms with E-state index < -0.39 is 0 Å². The highest BCUT2D eigenvalue weighted by atomic mass is 16.5. The van der Waals surface area contributed by atoms with E-state index in [2.05, 4.69) is 30.4 Å². The summed E-state index contributed by atoms with van der Waals surface area (Å²) in [5.41, 5.74) is 1.36. The van der Waals surface area contributed by atoms with Crippen LogP contribution in [0.3, 0.4) is 0 Å². The summed E-state index contributed by atoms with van der Waals surface area (Å²) in [7, 11) is 0. The third-order valence-electron chi connectivity index (χ3n) is 3.90. The highest BCUT2D eigenvalue weighted by molar-refractivity contribution is 5.37. The number of rotatable bonds is 5. The molecule has 92 valence electrons. The lowest BCUT2D eigenvalue weighted by atomic mass is 10.1. The highest BCUT2D eigenvalue weighted by Gasteiger charge is 2.36. The molecule has 3 unspecified atom stereocenters. The molecule has 0 radical (unpaired) electrons. The van der Waals surface area contributed by atoms with E-state index in [4.69, 9.17) is 4.74 Å². The SMILES string of the molecule is CCCC1CC1NCC1Cc2ccccc2O1. The first-order valence-corrected chi connectivity index (χ1v) is 6.84. The van der Waals surface area contributed by atoms with Gasteiger partial charge in [-0.25, -0.2) is 0 Å². The van der Waals surface area contributed by atoms with Crippen molar-refractivity contribution < 1.29 is 4.74 Å². The minimum absolute atomic E-state index is 0.343. The summed E-state index contributed by atoms with van der Waals surface area (Å²) in [6, 6.07) is 9.16. The van der Waals surface area contributed by atoms with Crippen LogP contribution in [0.5, 0.6) is 5.75 Å². The van der Waals surface area contributed by atoms with Gasteiger partial charge in [-0.1, -0.05) is 31.5 Å². The number of hydrogen-bond acceptors (Lipinski definition) is 2. The van der Waals surface area contributed by atoms with Crippen LogP contribution in [0, 0.1) is 5.92 Å². The minimum Gasteiger partial charge on any atom is -0.488 e. The Labute approximate surface area is 103 Å². The number of fused-ring (bicyclic) bond motifs is 1. The van der Waals surface area contributed by atoms with Crippen molar-refractivity contribution in [2.45, 2.75) is 44.8 Å². The largest absolute Gasteiger partial charge is 0.488 e. The van der Waals surface area contributed by atoms with E-state index in [1.807, 2.05) is 6.07 Å². The molecule has 3 rings (SSSR count). The number of para-hydroxylation sites is 1. The maximum atomic E-state index is 5.92. The molecule has 1 saturated carbocycles. The molecule has 1 N–H and O–H groups in total. The molecule has 0 bridgehead atoms. The van der Waals surface area contributed by atoms with E-state index in [1.54, 1.807) is 0 Å². The summed E-state index contributed by atoms with van der Waals surface area (Å²) in [5, 5.41) is 3.64. The Kier molecular flexibility index (Phi) is 3.06. The Bertz CT molecular complexity index is 365. The van der Waals surface area contributed by atoms with Crippen molar-refractivity contribution in [3.05, 3.63) is 29.8 Å². The van der Waals surface area contributed by atoms with Crippen LogP contribution in [0.4, 0.5) is 0 Å². The van der Waals surface area contributed by atoms with Gasteiger partial charge in [0.05, 0.1) is 0 Å². The van der Waals surface area contributed by atoms with Crippen molar-refractivity contribution in [1.29, 1.82) is 0 Å². The van der Waals surface area contributed by atoms with Crippen LogP contribution in [0.1, 0.15) is 31.7 Å². The molecule has 0 spiro atoms. The molecule has 2 nitrogen and oxygen atoms in total. The number of nitrogens with one attached hydrogen (secondary N) is 1. The molecule has 1 heterocycles. The van der Waals surface area contributed by atoms with Gasteiger partial charge in [0.2, 0.25) is 0 Å². The average Bonchev–Trinajstić information content (AvgIpc) is 2.94. The molecule has 1 fully saturated rings. The Morgan fingerprint density at radius 1 is 1.35 bits per heavy atom. The van der Waals surface area contributed by atoms with Crippen LogP contribution in [-0.2, 0) is 6.42 Å². The van der Waals surface area contributed by atoms with Crippen molar-refractivity contribution in [2.24, 2.45) is 5.92 Å². The minimum atomic E-state index is 0.343. The number of benzene rings is 1. The quantitative estimate of drug-likeness (QED) is 0.841. The molecule has 1 aliphatic heterocycles. The van der Waals surface area contributed by atoms with Crippen molar-refractivity contribution in [1.82, 2.24) is 5.32 Å². The predicted molar refractivity (Wildman–Crippen MR) is 69.4 cm³/mol. The molecular weight excluding hydrogens is 210 g/mol. The number of ether oxygens (including phenoxy) is 1. The third kappa shape index (κ3) is 2.47. The Balaban J connectivity index is 1.44. The van der Waals surface area contributed by atoms with Gasteiger partial charge in [0, 0.05) is 19.0 Å². The Hall–Kier alpha value is -1.02. The van der Waals surface area contributed by atoms with Gasteiger partial charge in [0.1, 0.15) is 11.9 Å². The average molecular weight is 231 g/mol. The summed E-state index contributed by atoms with van der Waals surface area (Å²) in [4.78, 5) is 0. The first-order chi connectivity index (χ1) is 8.36. The first kappa shape index (κ1) is 11.1. The Morgan fingerprint density at radius 2 is 2.24 bits per heavy atom. The summed E-state index contributed by atoms with van der Waals surface area (Å²) in [6.07, 6.45) is 5.47. The zero-order valence-electron chi connectivity index (χ0n) is 10.5. The fourth-order valence-electron chi connectivity index (χ4n) is 2.84. The van der Waals surface area contributed by atoms with E-state index in [-0.39, 0.29) is 0 Å². The predicted octanol–water partition coefficient (Wildman–Crippen LogP) is 2.77. The standard InChI is InChI=1S/C15H21NO/c1-2-5-11-9-14(11)16-10-13-8-12-6-3-4-7-15(12)17-13/h3-4,6-7,11,13-14,16H,2,5,8-10H2,1H3. The normalized spacial score (nSPS) is 29.8. The second kappa shape index (κ2) is 4.69. The molecule has 1 aliphatic carbocycles. The molecule has 0 saturated heterocycles. The maximum Gasteiger partial charge on any atom is 0.123 e. The first-order valence-electron chi connectivity index (χ1n) is 6.84. The zero-order chi connectivity index (χ0) is 11.7. The van der Waals surface area contributed by atoms with Crippen molar-refractivity contribution in [2.75, 3.05) is 6.54 Å². The molecular formula is C15H21NO. The zero-order valence-corrected chi connectivity index (χ0v) is 10.5. The van der Waals surface area contributed by atoms with E-state index in [9.17, 15) is 0 Å². The van der Waals surface area contributed by atoms with E-state index >= 15 is 0 Å². The summed E-state index contributed by atoms with van der Waals surface area (Å²) in [5.74, 6) is 2.02. The maximum absolute atomic E-state index is 5.92. The molecule has 2 aliphatic rings. The fraction of sp³-hybridized carbons (Fsp3) is 0.600. The van der Waals surface area contributed by atoms with Crippen LogP contribution >= 0.6 is 0 Å². The molecule has 0 amide bonds. The molecule has 17 heavy (non-hydrogen) atoms. The third-order valence-corrected chi connectivity index (χ3v) is 3.90. The van der Waals surface area contributed by atoms with Gasteiger partial charge in [0.15, 0.2) is 0 Å².